The molecule has 7 fully saturated rings. The Balaban J connectivity index is 1.20. The summed E-state index contributed by atoms with van der Waals surface area (Å²) in [6, 6.07) is -10.4. The first-order chi connectivity index (χ1) is 50.4. The molecule has 2 bridgehead atoms. The SMILES string of the molecule is CCC[C@H]1C(=O)N[C@@H]([C@@H](C)CC)C(=O)N(C)CC(=O)N(C)[C@H]2C/C=C\CCN(C2=O)[C@@H](CC2CCC(C(F)(F)F)CC2)C(=O)N(C)CC(=O)N[C@@H](CCC2CCC(C3CC3)C(F)C2)C(=O)N2C[C@H](OCC)C[C@H]2C(=O)NC2(CC(C)(C)C2)C(=O)N(C)[C@@H](C2CCCC2)C(=O)N(C)[C@H](C(=O)N(C)C)CC(=O)N1C. The Kier molecular flexibility index (Phi) is 29.4. The van der Waals surface area contributed by atoms with Crippen LogP contribution in [0, 0.1) is 46.8 Å². The largest absolute Gasteiger partial charge is 0.391 e. The van der Waals surface area contributed by atoms with Crippen molar-refractivity contribution in [2.45, 2.75) is 274 Å². The lowest BCUT2D eigenvalue weighted by atomic mass is 9.58. The van der Waals surface area contributed by atoms with Crippen molar-refractivity contribution in [2.24, 2.45) is 46.8 Å². The Morgan fingerprint density at radius 2 is 1.30 bits per heavy atom. The molecular formula is C78H124F4N12O13. The van der Waals surface area contributed by atoms with Crippen LogP contribution in [0.5, 0.6) is 0 Å². The molecule has 25 nitrogen and oxygen atoms in total. The highest BCUT2D eigenvalue weighted by molar-refractivity contribution is 6.01. The van der Waals surface area contributed by atoms with Gasteiger partial charge in [-0.2, -0.15) is 13.2 Å². The molecule has 1 spiro atoms. The molecule has 8 rings (SSSR count). The van der Waals surface area contributed by atoms with Crippen LogP contribution in [0.25, 0.3) is 0 Å². The van der Waals surface area contributed by atoms with E-state index in [1.165, 1.54) is 90.7 Å². The highest BCUT2D eigenvalue weighted by Crippen LogP contribution is 2.51. The topological polar surface area (TPSA) is 279 Å². The van der Waals surface area contributed by atoms with Gasteiger partial charge in [-0.3, -0.25) is 57.5 Å². The highest BCUT2D eigenvalue weighted by Gasteiger charge is 2.59. The maximum Gasteiger partial charge on any atom is 0.391 e. The molecule has 3 N–H and O–H groups in total. The third kappa shape index (κ3) is 20.8. The van der Waals surface area contributed by atoms with E-state index in [4.69, 9.17) is 4.74 Å². The number of hydrogen-bond acceptors (Lipinski definition) is 13. The number of rotatable bonds is 14. The van der Waals surface area contributed by atoms with Crippen LogP contribution in [0.3, 0.4) is 0 Å². The van der Waals surface area contributed by atoms with E-state index < -0.39 is 192 Å². The Bertz CT molecular complexity index is 3220. The summed E-state index contributed by atoms with van der Waals surface area (Å²) < 4.78 is 64.6. The van der Waals surface area contributed by atoms with E-state index >= 15 is 33.2 Å². The van der Waals surface area contributed by atoms with E-state index in [-0.39, 0.29) is 115 Å². The van der Waals surface area contributed by atoms with Gasteiger partial charge in [-0.1, -0.05) is 72.5 Å². The third-order valence-electron chi connectivity index (χ3n) is 25.0. The number of carbonyl (C=O) groups excluding carboxylic acids is 12. The number of carbonyl (C=O) groups is 12. The smallest absolute Gasteiger partial charge is 0.377 e. The quantitative estimate of drug-likeness (QED) is 0.122. The summed E-state index contributed by atoms with van der Waals surface area (Å²) in [6.07, 6.45) is 4.06. The fourth-order valence-corrected chi connectivity index (χ4v) is 18.5. The average molecular weight is 1510 g/mol. The number of alkyl halides is 4. The normalized spacial score (nSPS) is 32.4. The number of halogens is 4. The second-order valence-corrected chi connectivity index (χ2v) is 33.7. The van der Waals surface area contributed by atoms with Crippen LogP contribution in [-0.4, -0.2) is 276 Å². The van der Waals surface area contributed by atoms with Crippen molar-refractivity contribution in [3.8, 4) is 0 Å². The van der Waals surface area contributed by atoms with Crippen LogP contribution in [0.4, 0.5) is 17.6 Å². The summed E-state index contributed by atoms with van der Waals surface area (Å²) >= 11 is 0. The lowest BCUT2D eigenvalue weighted by Gasteiger charge is -2.54. The van der Waals surface area contributed by atoms with Gasteiger partial charge in [0, 0.05) is 82.5 Å². The van der Waals surface area contributed by atoms with Gasteiger partial charge in [-0.25, -0.2) is 4.39 Å². The van der Waals surface area contributed by atoms with Crippen LogP contribution < -0.4 is 16.0 Å². The molecule has 5 aliphatic carbocycles. The lowest BCUT2D eigenvalue weighted by molar-refractivity contribution is -0.184. The molecule has 5 saturated carbocycles. The van der Waals surface area contributed by atoms with Crippen LogP contribution in [0.1, 0.15) is 202 Å². The molecule has 3 aliphatic heterocycles. The zero-order valence-corrected chi connectivity index (χ0v) is 66.0. The van der Waals surface area contributed by atoms with Gasteiger partial charge in [0.15, 0.2) is 0 Å². The molecule has 0 radical (unpaired) electrons. The number of nitrogens with zero attached hydrogens (tertiary/aromatic N) is 9. The van der Waals surface area contributed by atoms with Gasteiger partial charge in [-0.15, -0.1) is 0 Å². The van der Waals surface area contributed by atoms with E-state index in [1.54, 1.807) is 32.9 Å². The van der Waals surface area contributed by atoms with Crippen molar-refractivity contribution in [3.05, 3.63) is 12.2 Å². The predicted octanol–water partition coefficient (Wildman–Crippen LogP) is 6.64. The van der Waals surface area contributed by atoms with Crippen molar-refractivity contribution < 1.29 is 79.8 Å². The Labute approximate surface area is 630 Å². The maximum absolute atomic E-state index is 16.0. The number of likely N-dealkylation sites (N-methyl/N-ethyl adjacent to an activating group) is 7. The van der Waals surface area contributed by atoms with Crippen LogP contribution in [0.2, 0.25) is 0 Å². The first-order valence-electron chi connectivity index (χ1n) is 39.6. The van der Waals surface area contributed by atoms with Crippen molar-refractivity contribution in [1.82, 2.24) is 60.0 Å². The fourth-order valence-electron chi connectivity index (χ4n) is 18.5. The molecule has 29 heteroatoms. The Morgan fingerprint density at radius 1 is 0.654 bits per heavy atom. The first kappa shape index (κ1) is 85.7. The summed E-state index contributed by atoms with van der Waals surface area (Å²) in [7, 11) is 11.4. The van der Waals surface area contributed by atoms with Crippen molar-refractivity contribution >= 4 is 70.9 Å². The zero-order valence-electron chi connectivity index (χ0n) is 66.0. The summed E-state index contributed by atoms with van der Waals surface area (Å²) in [5.41, 5.74) is -2.14. The minimum Gasteiger partial charge on any atom is -0.377 e. The van der Waals surface area contributed by atoms with Crippen molar-refractivity contribution in [1.29, 1.82) is 0 Å². The summed E-state index contributed by atoms with van der Waals surface area (Å²) in [4.78, 5) is 193. The second-order valence-electron chi connectivity index (χ2n) is 33.7. The molecule has 0 aromatic rings. The van der Waals surface area contributed by atoms with E-state index in [9.17, 15) is 41.9 Å². The maximum atomic E-state index is 16.0. The Morgan fingerprint density at radius 3 is 1.89 bits per heavy atom. The summed E-state index contributed by atoms with van der Waals surface area (Å²) in [5.74, 6) is -11.1. The van der Waals surface area contributed by atoms with Gasteiger partial charge >= 0.3 is 6.18 Å². The van der Waals surface area contributed by atoms with Gasteiger partial charge < -0.3 is 64.8 Å². The monoisotopic (exact) mass is 1510 g/mol. The molecule has 3 unspecified atom stereocenters. The minimum absolute atomic E-state index is 0.00113. The standard InChI is InChI=1S/C78H124F4N12O13/c1-15-23-57-67(98)84-65(47(4)16-2)73(104)88(10)44-64(97)90(12)58-26-19-18-22-37-93(72(58)103)61(39-49-27-33-52(34-28-49)78(80,81)82)71(102)87(9)43-62(95)83-56(36-30-48-29-35-54(50-31-32-50)55(79)38-48)69(100)94-42-53(107-17-3)40-59(94)68(99)85-77(45-76(5,6)46-77)75(106)92(14)66(51-24-20-21-25-51)74(105)91(13)60(70(101)86(7)8)41-63(96)89(57)11/h18-19,47-61,65-66H,15-17,20-46H2,1-14H3,(H,83,95)(H,84,98)(H,85,99)/b19-18-/t47-,48?,49?,52?,53+,54?,55?,56-,57-,58-,59-,60-,61-,65-,66-/m0/s1. The number of nitrogens with one attached hydrogen (secondary N) is 3. The lowest BCUT2D eigenvalue weighted by Crippen LogP contribution is -2.71. The number of ether oxygens (including phenoxy) is 1. The van der Waals surface area contributed by atoms with E-state index in [0.717, 1.165) is 35.5 Å². The molecule has 3 heterocycles. The van der Waals surface area contributed by atoms with Gasteiger partial charge in [0.1, 0.15) is 60.0 Å². The van der Waals surface area contributed by atoms with Gasteiger partial charge in [-0.05, 0) is 170 Å². The molecule has 12 amide bonds. The van der Waals surface area contributed by atoms with E-state index in [1.807, 2.05) is 20.8 Å². The van der Waals surface area contributed by atoms with Crippen molar-refractivity contribution in [2.75, 3.05) is 89.2 Å². The van der Waals surface area contributed by atoms with Gasteiger partial charge in [0.2, 0.25) is 70.9 Å². The number of amides is 12. The van der Waals surface area contributed by atoms with Gasteiger partial charge in [0.05, 0.1) is 31.5 Å². The van der Waals surface area contributed by atoms with Crippen LogP contribution >= 0.6 is 0 Å². The third-order valence-corrected chi connectivity index (χ3v) is 25.0. The number of hydrogen-bond donors (Lipinski definition) is 3. The average Bonchev–Trinajstić information content (AvgIpc) is 1.04. The van der Waals surface area contributed by atoms with Gasteiger partial charge in [0.25, 0.3) is 0 Å². The predicted molar refractivity (Wildman–Crippen MR) is 392 cm³/mol. The zero-order chi connectivity index (χ0) is 78.9. The molecule has 2 saturated heterocycles. The van der Waals surface area contributed by atoms with E-state index in [0.29, 0.717) is 50.9 Å². The number of fused-ring (bicyclic) bond motifs is 3. The molecular weight excluding hydrogens is 1390 g/mol. The summed E-state index contributed by atoms with van der Waals surface area (Å²) in [6.45, 7) is 9.76. The molecule has 602 valence electrons. The molecule has 13 atom stereocenters. The Hall–Kier alpha value is -6.94. The minimum atomic E-state index is -4.45. The molecule has 0 aromatic heterocycles. The van der Waals surface area contributed by atoms with Crippen LogP contribution in [0.15, 0.2) is 12.2 Å². The van der Waals surface area contributed by atoms with E-state index in [2.05, 4.69) is 16.0 Å². The fraction of sp³-hybridized carbons (Fsp3) is 0.821. The summed E-state index contributed by atoms with van der Waals surface area (Å²) in [5, 5.41) is 8.89. The molecule has 0 aromatic carbocycles. The second kappa shape index (κ2) is 36.7. The van der Waals surface area contributed by atoms with Crippen molar-refractivity contribution in [3.63, 3.8) is 0 Å². The molecule has 107 heavy (non-hydrogen) atoms. The molecule has 8 aliphatic rings. The first-order valence-corrected chi connectivity index (χ1v) is 39.6. The highest BCUT2D eigenvalue weighted by atomic mass is 19.4. The van der Waals surface area contributed by atoms with Crippen LogP contribution in [-0.2, 0) is 62.3 Å².